The summed E-state index contributed by atoms with van der Waals surface area (Å²) in [5.41, 5.74) is 9.70. The van der Waals surface area contributed by atoms with Crippen molar-refractivity contribution in [3.8, 4) is 11.3 Å². The summed E-state index contributed by atoms with van der Waals surface area (Å²) < 4.78 is 2.15. The fourth-order valence-electron chi connectivity index (χ4n) is 4.67. The zero-order valence-corrected chi connectivity index (χ0v) is 21.3. The lowest BCUT2D eigenvalue weighted by atomic mass is 9.94. The Kier molecular flexibility index (Phi) is 6.42. The second-order valence-electron chi connectivity index (χ2n) is 10.3. The van der Waals surface area contributed by atoms with E-state index in [1.54, 1.807) is 0 Å². The molecule has 5 nitrogen and oxygen atoms in total. The van der Waals surface area contributed by atoms with Crippen molar-refractivity contribution in [3.05, 3.63) is 70.0 Å². The van der Waals surface area contributed by atoms with E-state index in [1.807, 2.05) is 6.33 Å². The van der Waals surface area contributed by atoms with Gasteiger partial charge in [0.2, 0.25) is 0 Å². The number of nitrogens with zero attached hydrogens (tertiary/aromatic N) is 5. The summed E-state index contributed by atoms with van der Waals surface area (Å²) in [5.74, 6) is 3.51. The normalized spacial score (nSPS) is 13.1. The summed E-state index contributed by atoms with van der Waals surface area (Å²) in [5, 5.41) is 0. The van der Waals surface area contributed by atoms with Gasteiger partial charge in [0.05, 0.1) is 18.2 Å². The Morgan fingerprint density at radius 3 is 2.15 bits per heavy atom. The van der Waals surface area contributed by atoms with Gasteiger partial charge in [0.1, 0.15) is 17.3 Å². The smallest absolute Gasteiger partial charge is 0.232 e. The van der Waals surface area contributed by atoms with Gasteiger partial charge in [-0.15, -0.1) is 0 Å². The summed E-state index contributed by atoms with van der Waals surface area (Å²) in [4.78, 5) is 19.4. The van der Waals surface area contributed by atoms with E-state index in [2.05, 4.69) is 78.3 Å². The van der Waals surface area contributed by atoms with Gasteiger partial charge in [0.25, 0.3) is 6.33 Å². The van der Waals surface area contributed by atoms with Crippen molar-refractivity contribution in [1.82, 2.24) is 19.9 Å². The fourth-order valence-corrected chi connectivity index (χ4v) is 4.67. The number of allylic oxidation sites excluding steroid dienone is 1. The molecule has 1 aromatic carbocycles. The monoisotopic (exact) mass is 442 g/mol. The van der Waals surface area contributed by atoms with Crippen molar-refractivity contribution < 1.29 is 4.57 Å². The number of rotatable bonds is 6. The number of aryl methyl sites for hydroxylation is 3. The van der Waals surface area contributed by atoms with Crippen LogP contribution in [0.5, 0.6) is 0 Å². The minimum Gasteiger partial charge on any atom is -0.232 e. The molecule has 0 unspecified atom stereocenters. The van der Waals surface area contributed by atoms with Crippen molar-refractivity contribution in [2.75, 3.05) is 0 Å². The molecule has 4 rings (SSSR count). The molecular weight excluding hydrogens is 406 g/mol. The predicted octanol–water partition coefficient (Wildman–Crippen LogP) is 5.07. The predicted molar refractivity (Wildman–Crippen MR) is 133 cm³/mol. The molecule has 2 aromatic heterocycles. The lowest BCUT2D eigenvalue weighted by molar-refractivity contribution is -0.663. The van der Waals surface area contributed by atoms with Gasteiger partial charge >= 0.3 is 0 Å². The van der Waals surface area contributed by atoms with E-state index in [1.165, 1.54) is 33.5 Å². The van der Waals surface area contributed by atoms with Gasteiger partial charge in [-0.25, -0.2) is 19.5 Å². The summed E-state index contributed by atoms with van der Waals surface area (Å²) in [6, 6.07) is 4.54. The van der Waals surface area contributed by atoms with Gasteiger partial charge in [-0.3, -0.25) is 0 Å². The number of hydrogen-bond acceptors (Lipinski definition) is 4. The van der Waals surface area contributed by atoms with Crippen molar-refractivity contribution in [2.24, 2.45) is 18.9 Å². The van der Waals surface area contributed by atoms with E-state index in [-0.39, 0.29) is 0 Å². The number of hydrogen-bond donors (Lipinski definition) is 0. The average molecular weight is 443 g/mol. The SMILES string of the molecule is Cc1cc(C)c(C)c(-c2c3c(nc[n+]2C)C(c2nc(CC(C)C)nc(CC(C)C)n2)=CC3)c1. The number of benzene rings is 1. The van der Waals surface area contributed by atoms with Gasteiger partial charge in [-0.05, 0) is 54.8 Å². The molecule has 0 atom stereocenters. The van der Waals surface area contributed by atoms with Crippen LogP contribution in [0.2, 0.25) is 0 Å². The second kappa shape index (κ2) is 9.12. The van der Waals surface area contributed by atoms with Crippen molar-refractivity contribution >= 4 is 5.57 Å². The molecule has 0 bridgehead atoms. The molecule has 5 heteroatoms. The van der Waals surface area contributed by atoms with Crippen molar-refractivity contribution in [2.45, 2.75) is 67.7 Å². The highest BCUT2D eigenvalue weighted by Crippen LogP contribution is 2.36. The van der Waals surface area contributed by atoms with E-state index >= 15 is 0 Å². The van der Waals surface area contributed by atoms with Crippen LogP contribution in [0.25, 0.3) is 16.8 Å². The molecule has 0 spiro atoms. The van der Waals surface area contributed by atoms with Crippen molar-refractivity contribution in [3.63, 3.8) is 0 Å². The topological polar surface area (TPSA) is 55.4 Å². The third kappa shape index (κ3) is 4.73. The number of fused-ring (bicyclic) bond motifs is 1. The third-order valence-corrected chi connectivity index (χ3v) is 6.27. The van der Waals surface area contributed by atoms with Gasteiger partial charge in [-0.1, -0.05) is 45.4 Å². The molecule has 1 aliphatic carbocycles. The Bertz CT molecular complexity index is 1210. The largest absolute Gasteiger partial charge is 0.287 e. The maximum atomic E-state index is 4.90. The lowest BCUT2D eigenvalue weighted by Gasteiger charge is -2.14. The lowest BCUT2D eigenvalue weighted by Crippen LogP contribution is -2.33. The first-order chi connectivity index (χ1) is 15.6. The van der Waals surface area contributed by atoms with Crippen LogP contribution in [0.3, 0.4) is 0 Å². The van der Waals surface area contributed by atoms with Crippen LogP contribution in [0.4, 0.5) is 0 Å². The summed E-state index contributed by atoms with van der Waals surface area (Å²) in [6.07, 6.45) is 6.71. The Hall–Kier alpha value is -2.95. The van der Waals surface area contributed by atoms with Crippen LogP contribution in [0.15, 0.2) is 24.5 Å². The molecule has 0 aliphatic heterocycles. The summed E-state index contributed by atoms with van der Waals surface area (Å²) in [7, 11) is 2.09. The van der Waals surface area contributed by atoms with E-state index < -0.39 is 0 Å². The van der Waals surface area contributed by atoms with Gasteiger partial charge in [-0.2, -0.15) is 0 Å². The molecule has 0 fully saturated rings. The maximum absolute atomic E-state index is 4.90. The van der Waals surface area contributed by atoms with Gasteiger partial charge in [0.15, 0.2) is 11.5 Å². The molecule has 1 aliphatic rings. The molecule has 33 heavy (non-hydrogen) atoms. The van der Waals surface area contributed by atoms with Crippen LogP contribution < -0.4 is 4.57 Å². The van der Waals surface area contributed by atoms with E-state index in [4.69, 9.17) is 19.9 Å². The van der Waals surface area contributed by atoms with Gasteiger partial charge in [0, 0.05) is 24.8 Å². The van der Waals surface area contributed by atoms with Crippen molar-refractivity contribution in [1.29, 1.82) is 0 Å². The minimum absolute atomic E-state index is 0.494. The Morgan fingerprint density at radius 2 is 1.55 bits per heavy atom. The highest BCUT2D eigenvalue weighted by molar-refractivity contribution is 5.83. The first-order valence-corrected chi connectivity index (χ1v) is 12.0. The fraction of sp³-hybridized carbons (Fsp3) is 0.464. The summed E-state index contributed by atoms with van der Waals surface area (Å²) in [6.45, 7) is 15.4. The minimum atomic E-state index is 0.494. The zero-order chi connectivity index (χ0) is 23.9. The standard InChI is InChI=1S/C28H36N5/c1-16(2)11-24-30-25(12-17(3)4)32-28(31-24)22-10-9-21-26(22)29-15-33(8)27(21)23-14-18(5)13-19(6)20(23)7/h10,13-17H,9,11-12H2,1-8H3/q+1. The molecule has 0 amide bonds. The van der Waals surface area contributed by atoms with Crippen LogP contribution in [-0.2, 0) is 26.3 Å². The quantitative estimate of drug-likeness (QED) is 0.500. The average Bonchev–Trinajstić information content (AvgIpc) is 3.13. The van der Waals surface area contributed by atoms with E-state index in [0.29, 0.717) is 11.8 Å². The number of aromatic nitrogens is 5. The first kappa shape index (κ1) is 23.2. The molecule has 2 heterocycles. The highest BCUT2D eigenvalue weighted by Gasteiger charge is 2.31. The van der Waals surface area contributed by atoms with Crippen LogP contribution >= 0.6 is 0 Å². The molecule has 172 valence electrons. The Balaban J connectivity index is 1.84. The molecule has 0 radical (unpaired) electrons. The Labute approximate surface area is 198 Å². The van der Waals surface area contributed by atoms with Crippen LogP contribution in [-0.4, -0.2) is 19.9 Å². The van der Waals surface area contributed by atoms with E-state index in [9.17, 15) is 0 Å². The molecule has 0 saturated heterocycles. The van der Waals surface area contributed by atoms with Crippen LogP contribution in [0, 0.1) is 32.6 Å². The van der Waals surface area contributed by atoms with Crippen LogP contribution in [0.1, 0.15) is 73.1 Å². The molecule has 0 N–H and O–H groups in total. The first-order valence-electron chi connectivity index (χ1n) is 12.0. The van der Waals surface area contributed by atoms with E-state index in [0.717, 1.165) is 48.0 Å². The third-order valence-electron chi connectivity index (χ3n) is 6.27. The maximum Gasteiger partial charge on any atom is 0.287 e. The molecular formula is C28H36N5+. The van der Waals surface area contributed by atoms with Gasteiger partial charge < -0.3 is 0 Å². The Morgan fingerprint density at radius 1 is 0.909 bits per heavy atom. The second-order valence-corrected chi connectivity index (χ2v) is 10.3. The highest BCUT2D eigenvalue weighted by atomic mass is 15.0. The molecule has 0 saturated carbocycles. The summed E-state index contributed by atoms with van der Waals surface area (Å²) >= 11 is 0. The zero-order valence-electron chi connectivity index (χ0n) is 21.3. The molecule has 3 aromatic rings.